The Hall–Kier alpha value is -3.06. The van der Waals surface area contributed by atoms with Gasteiger partial charge in [0.05, 0.1) is 0 Å². The minimum atomic E-state index is 0.0802. The van der Waals surface area contributed by atoms with Gasteiger partial charge in [0.25, 0.3) is 0 Å². The second kappa shape index (κ2) is 9.29. The van der Waals surface area contributed by atoms with E-state index in [2.05, 4.69) is 16.0 Å². The zero-order chi connectivity index (χ0) is 18.1. The van der Waals surface area contributed by atoms with Crippen molar-refractivity contribution in [2.24, 2.45) is 11.5 Å². The first-order valence-electron chi connectivity index (χ1n) is 8.13. The molecule has 0 bridgehead atoms. The normalized spacial score (nSPS) is 10.2. The third kappa shape index (κ3) is 6.15. The summed E-state index contributed by atoms with van der Waals surface area (Å²) in [7, 11) is 0. The van der Waals surface area contributed by atoms with Crippen LogP contribution >= 0.6 is 0 Å². The molecule has 0 saturated carbocycles. The lowest BCUT2D eigenvalue weighted by atomic mass is 10.2. The highest BCUT2D eigenvalue weighted by molar-refractivity contribution is 5.95. The van der Waals surface area contributed by atoms with Gasteiger partial charge in [-0.3, -0.25) is 10.8 Å². The molecular formula is C18H25N7. The summed E-state index contributed by atoms with van der Waals surface area (Å²) >= 11 is 0. The van der Waals surface area contributed by atoms with Crippen molar-refractivity contribution >= 4 is 23.0 Å². The SMILES string of the molecule is N=C(N)c1ccc(NCCNCCNc2ccc(C(=N)N)cc2)cc1. The van der Waals surface area contributed by atoms with Gasteiger partial charge in [0.2, 0.25) is 0 Å². The van der Waals surface area contributed by atoms with Crippen LogP contribution in [-0.4, -0.2) is 37.9 Å². The van der Waals surface area contributed by atoms with Gasteiger partial charge >= 0.3 is 0 Å². The Morgan fingerprint density at radius 2 is 1.00 bits per heavy atom. The molecule has 0 saturated heterocycles. The molecule has 7 heteroatoms. The number of anilines is 2. The van der Waals surface area contributed by atoms with Crippen molar-refractivity contribution in [3.8, 4) is 0 Å². The number of nitrogens with two attached hydrogens (primary N) is 2. The van der Waals surface area contributed by atoms with Crippen LogP contribution in [0.4, 0.5) is 11.4 Å². The fourth-order valence-corrected chi connectivity index (χ4v) is 2.25. The first-order chi connectivity index (χ1) is 12.1. The lowest BCUT2D eigenvalue weighted by molar-refractivity contribution is 0.719. The molecule has 0 unspecified atom stereocenters. The Kier molecular flexibility index (Phi) is 6.79. The lowest BCUT2D eigenvalue weighted by Gasteiger charge is -2.10. The molecule has 0 amide bonds. The van der Waals surface area contributed by atoms with Crippen molar-refractivity contribution in [1.82, 2.24) is 5.32 Å². The molecule has 0 aromatic heterocycles. The standard InChI is InChI=1S/C18H25N7/c19-17(20)13-1-5-15(6-2-13)24-11-9-23-10-12-25-16-7-3-14(4-8-16)18(21)22/h1-8,23-25H,9-12H2,(H3,19,20)(H3,21,22). The maximum Gasteiger partial charge on any atom is 0.122 e. The molecule has 9 N–H and O–H groups in total. The predicted molar refractivity (Wildman–Crippen MR) is 105 cm³/mol. The zero-order valence-corrected chi connectivity index (χ0v) is 14.1. The molecule has 2 aromatic carbocycles. The summed E-state index contributed by atoms with van der Waals surface area (Å²) in [4.78, 5) is 0. The topological polar surface area (TPSA) is 136 Å². The first-order valence-corrected chi connectivity index (χ1v) is 8.13. The summed E-state index contributed by atoms with van der Waals surface area (Å²) in [5.41, 5.74) is 14.3. The van der Waals surface area contributed by atoms with E-state index in [9.17, 15) is 0 Å². The van der Waals surface area contributed by atoms with Gasteiger partial charge < -0.3 is 27.4 Å². The second-order valence-corrected chi connectivity index (χ2v) is 5.59. The molecule has 7 nitrogen and oxygen atoms in total. The van der Waals surface area contributed by atoms with E-state index in [1.807, 2.05) is 48.5 Å². The largest absolute Gasteiger partial charge is 0.384 e. The van der Waals surface area contributed by atoms with Crippen LogP contribution in [0.1, 0.15) is 11.1 Å². The highest BCUT2D eigenvalue weighted by Gasteiger charge is 1.98. The molecular weight excluding hydrogens is 314 g/mol. The summed E-state index contributed by atoms with van der Waals surface area (Å²) in [6.45, 7) is 3.32. The number of hydrogen-bond donors (Lipinski definition) is 7. The van der Waals surface area contributed by atoms with Gasteiger partial charge in [-0.15, -0.1) is 0 Å². The Labute approximate surface area is 147 Å². The molecule has 25 heavy (non-hydrogen) atoms. The van der Waals surface area contributed by atoms with Crippen LogP contribution in [0.25, 0.3) is 0 Å². The van der Waals surface area contributed by atoms with Gasteiger partial charge in [0.1, 0.15) is 11.7 Å². The van der Waals surface area contributed by atoms with Crippen molar-refractivity contribution in [2.45, 2.75) is 0 Å². The van der Waals surface area contributed by atoms with Gasteiger partial charge in [0.15, 0.2) is 0 Å². The summed E-state index contributed by atoms with van der Waals surface area (Å²) in [5, 5.41) is 24.7. The molecule has 0 heterocycles. The second-order valence-electron chi connectivity index (χ2n) is 5.59. The number of nitrogen functional groups attached to an aromatic ring is 2. The lowest BCUT2D eigenvalue weighted by Crippen LogP contribution is -2.27. The predicted octanol–water partition coefficient (Wildman–Crippen LogP) is 1.37. The number of nitrogens with one attached hydrogen (secondary N) is 5. The number of hydrogen-bond acceptors (Lipinski definition) is 5. The van der Waals surface area contributed by atoms with Crippen LogP contribution in [0.15, 0.2) is 48.5 Å². The van der Waals surface area contributed by atoms with E-state index in [1.165, 1.54) is 0 Å². The number of amidine groups is 2. The monoisotopic (exact) mass is 339 g/mol. The smallest absolute Gasteiger partial charge is 0.122 e. The summed E-state index contributed by atoms with van der Waals surface area (Å²) in [5.74, 6) is 0.160. The van der Waals surface area contributed by atoms with E-state index in [-0.39, 0.29) is 11.7 Å². The number of rotatable bonds is 10. The highest BCUT2D eigenvalue weighted by atomic mass is 15.0. The van der Waals surface area contributed by atoms with Crippen LogP contribution in [-0.2, 0) is 0 Å². The van der Waals surface area contributed by atoms with E-state index in [4.69, 9.17) is 22.3 Å². The van der Waals surface area contributed by atoms with Crippen LogP contribution in [0.3, 0.4) is 0 Å². The quantitative estimate of drug-likeness (QED) is 0.199. The minimum absolute atomic E-state index is 0.0802. The third-order valence-corrected chi connectivity index (χ3v) is 3.65. The number of benzene rings is 2. The maximum atomic E-state index is 7.36. The maximum absolute atomic E-state index is 7.36. The minimum Gasteiger partial charge on any atom is -0.384 e. The van der Waals surface area contributed by atoms with Crippen molar-refractivity contribution < 1.29 is 0 Å². The summed E-state index contributed by atoms with van der Waals surface area (Å²) < 4.78 is 0. The van der Waals surface area contributed by atoms with Crippen LogP contribution < -0.4 is 27.4 Å². The average molecular weight is 339 g/mol. The van der Waals surface area contributed by atoms with Gasteiger partial charge in [-0.2, -0.15) is 0 Å². The van der Waals surface area contributed by atoms with E-state index in [0.29, 0.717) is 0 Å². The Balaban J connectivity index is 1.57. The molecule has 0 aliphatic heterocycles. The van der Waals surface area contributed by atoms with Gasteiger partial charge in [0, 0.05) is 48.7 Å². The van der Waals surface area contributed by atoms with Gasteiger partial charge in [-0.05, 0) is 48.5 Å². The van der Waals surface area contributed by atoms with Gasteiger partial charge in [-0.1, -0.05) is 0 Å². The molecule has 2 aromatic rings. The Morgan fingerprint density at radius 1 is 0.640 bits per heavy atom. The molecule has 132 valence electrons. The first kappa shape index (κ1) is 18.3. The summed E-state index contributed by atoms with van der Waals surface area (Å²) in [6, 6.07) is 15.0. The van der Waals surface area contributed by atoms with Crippen molar-refractivity contribution in [1.29, 1.82) is 10.8 Å². The van der Waals surface area contributed by atoms with E-state index < -0.39 is 0 Å². The molecule has 0 radical (unpaired) electrons. The fourth-order valence-electron chi connectivity index (χ4n) is 2.25. The average Bonchev–Trinajstić information content (AvgIpc) is 2.61. The molecule has 0 atom stereocenters. The zero-order valence-electron chi connectivity index (χ0n) is 14.1. The van der Waals surface area contributed by atoms with Crippen LogP contribution in [0.2, 0.25) is 0 Å². The van der Waals surface area contributed by atoms with Gasteiger partial charge in [-0.25, -0.2) is 0 Å². The van der Waals surface area contributed by atoms with E-state index in [1.54, 1.807) is 0 Å². The Bertz CT molecular complexity index is 631. The van der Waals surface area contributed by atoms with Crippen molar-refractivity contribution in [3.05, 3.63) is 59.7 Å². The van der Waals surface area contributed by atoms with Crippen LogP contribution in [0, 0.1) is 10.8 Å². The van der Waals surface area contributed by atoms with Crippen molar-refractivity contribution in [2.75, 3.05) is 36.8 Å². The van der Waals surface area contributed by atoms with E-state index in [0.717, 1.165) is 48.7 Å². The molecule has 0 fully saturated rings. The Morgan fingerprint density at radius 3 is 1.32 bits per heavy atom. The highest BCUT2D eigenvalue weighted by Crippen LogP contribution is 2.09. The summed E-state index contributed by atoms with van der Waals surface area (Å²) in [6.07, 6.45) is 0. The fraction of sp³-hybridized carbons (Fsp3) is 0.222. The van der Waals surface area contributed by atoms with Crippen LogP contribution in [0.5, 0.6) is 0 Å². The molecule has 2 rings (SSSR count). The molecule has 0 spiro atoms. The van der Waals surface area contributed by atoms with E-state index >= 15 is 0 Å². The third-order valence-electron chi connectivity index (χ3n) is 3.65. The molecule has 0 aliphatic rings. The van der Waals surface area contributed by atoms with Crippen molar-refractivity contribution in [3.63, 3.8) is 0 Å². The molecule has 0 aliphatic carbocycles.